The fourth-order valence-electron chi connectivity index (χ4n) is 2.41. The highest BCUT2D eigenvalue weighted by atomic mass is 79.9. The average molecular weight is 346 g/mol. The van der Waals surface area contributed by atoms with E-state index >= 15 is 0 Å². The normalized spacial score (nSPS) is 11.0. The lowest BCUT2D eigenvalue weighted by molar-refractivity contribution is 0.0691. The Balaban J connectivity index is 2.38. The maximum absolute atomic E-state index is 11.3. The van der Waals surface area contributed by atoms with Gasteiger partial charge in [0.15, 0.2) is 11.3 Å². The number of halogens is 1. The summed E-state index contributed by atoms with van der Waals surface area (Å²) >= 11 is 3.40. The lowest BCUT2D eigenvalue weighted by atomic mass is 10.0. The number of hydrogen-bond acceptors (Lipinski definition) is 3. The number of rotatable bonds is 2. The van der Waals surface area contributed by atoms with Crippen molar-refractivity contribution in [3.05, 3.63) is 46.2 Å². The Kier molecular flexibility index (Phi) is 3.25. The van der Waals surface area contributed by atoms with Crippen LogP contribution in [-0.2, 0) is 7.05 Å². The van der Waals surface area contributed by atoms with Crippen molar-refractivity contribution >= 4 is 32.9 Å². The van der Waals surface area contributed by atoms with E-state index in [1.165, 1.54) is 0 Å². The van der Waals surface area contributed by atoms with Crippen LogP contribution in [0.2, 0.25) is 0 Å². The van der Waals surface area contributed by atoms with Gasteiger partial charge in [-0.15, -0.1) is 0 Å². The van der Waals surface area contributed by atoms with Crippen LogP contribution in [0.5, 0.6) is 0 Å². The van der Waals surface area contributed by atoms with Crippen LogP contribution in [-0.4, -0.2) is 25.8 Å². The van der Waals surface area contributed by atoms with Gasteiger partial charge < -0.3 is 5.11 Å². The minimum atomic E-state index is -1.05. The fourth-order valence-corrected chi connectivity index (χ4v) is 2.68. The Morgan fingerprint density at radius 1 is 1.29 bits per heavy atom. The predicted octanol–water partition coefficient (Wildman–Crippen LogP) is 3.40. The van der Waals surface area contributed by atoms with Crippen LogP contribution in [0, 0.1) is 6.92 Å². The molecule has 6 heteroatoms. The summed E-state index contributed by atoms with van der Waals surface area (Å²) < 4.78 is 2.58. The second kappa shape index (κ2) is 4.96. The van der Waals surface area contributed by atoms with Crippen LogP contribution < -0.4 is 0 Å². The quantitative estimate of drug-likeness (QED) is 0.772. The van der Waals surface area contributed by atoms with Gasteiger partial charge in [0.2, 0.25) is 0 Å². The SMILES string of the molecule is Cc1nn(C)c2nc(C(=O)O)cc(-c3ccc(Br)cc3)c12. The van der Waals surface area contributed by atoms with Gasteiger partial charge in [0.1, 0.15) is 0 Å². The Morgan fingerprint density at radius 3 is 2.57 bits per heavy atom. The van der Waals surface area contributed by atoms with E-state index in [9.17, 15) is 9.90 Å². The molecule has 0 saturated carbocycles. The molecule has 0 amide bonds. The largest absolute Gasteiger partial charge is 0.477 e. The molecule has 0 radical (unpaired) electrons. The molecule has 0 aliphatic carbocycles. The summed E-state index contributed by atoms with van der Waals surface area (Å²) in [5.74, 6) is -1.05. The van der Waals surface area contributed by atoms with E-state index in [4.69, 9.17) is 0 Å². The standard InChI is InChI=1S/C15H12BrN3O2/c1-8-13-11(9-3-5-10(16)6-4-9)7-12(15(20)21)17-14(13)19(2)18-8/h3-7H,1-2H3,(H,20,21). The first-order valence-corrected chi connectivity index (χ1v) is 7.10. The Bertz CT molecular complexity index is 853. The summed E-state index contributed by atoms with van der Waals surface area (Å²) in [5, 5.41) is 14.5. The van der Waals surface area contributed by atoms with Gasteiger partial charge in [-0.2, -0.15) is 5.10 Å². The van der Waals surface area contributed by atoms with Gasteiger partial charge in [-0.3, -0.25) is 4.68 Å². The molecule has 3 rings (SSSR count). The maximum atomic E-state index is 11.3. The van der Waals surface area contributed by atoms with Crippen LogP contribution in [0.3, 0.4) is 0 Å². The third-order valence-electron chi connectivity index (χ3n) is 3.34. The number of aromatic carboxylic acids is 1. The molecule has 21 heavy (non-hydrogen) atoms. The molecule has 0 atom stereocenters. The molecule has 5 nitrogen and oxygen atoms in total. The van der Waals surface area contributed by atoms with Gasteiger partial charge in [0.05, 0.1) is 5.69 Å². The minimum Gasteiger partial charge on any atom is -0.477 e. The molecule has 0 aliphatic rings. The number of carboxylic acids is 1. The van der Waals surface area contributed by atoms with Gasteiger partial charge >= 0.3 is 5.97 Å². The highest BCUT2D eigenvalue weighted by molar-refractivity contribution is 9.10. The van der Waals surface area contributed by atoms with E-state index in [2.05, 4.69) is 26.0 Å². The second-order valence-electron chi connectivity index (χ2n) is 4.77. The molecule has 0 spiro atoms. The third-order valence-corrected chi connectivity index (χ3v) is 3.87. The van der Waals surface area contributed by atoms with Gasteiger partial charge in [-0.05, 0) is 36.2 Å². The first kappa shape index (κ1) is 13.8. The molecule has 0 unspecified atom stereocenters. The van der Waals surface area contributed by atoms with Crippen molar-refractivity contribution in [2.75, 3.05) is 0 Å². The number of aryl methyl sites for hydroxylation is 2. The molecule has 0 saturated heterocycles. The van der Waals surface area contributed by atoms with E-state index in [1.807, 2.05) is 31.2 Å². The van der Waals surface area contributed by atoms with E-state index in [0.29, 0.717) is 5.65 Å². The monoisotopic (exact) mass is 345 g/mol. The first-order chi connectivity index (χ1) is 9.97. The minimum absolute atomic E-state index is 0.0171. The van der Waals surface area contributed by atoms with Crippen molar-refractivity contribution in [3.8, 4) is 11.1 Å². The fraction of sp³-hybridized carbons (Fsp3) is 0.133. The number of carbonyl (C=O) groups is 1. The lowest BCUT2D eigenvalue weighted by Gasteiger charge is -2.06. The molecule has 106 valence electrons. The van der Waals surface area contributed by atoms with Gasteiger partial charge in [0.25, 0.3) is 0 Å². The smallest absolute Gasteiger partial charge is 0.354 e. The van der Waals surface area contributed by atoms with Crippen LogP contribution in [0.25, 0.3) is 22.2 Å². The first-order valence-electron chi connectivity index (χ1n) is 6.31. The summed E-state index contributed by atoms with van der Waals surface area (Å²) in [7, 11) is 1.76. The molecule has 2 heterocycles. The van der Waals surface area contributed by atoms with Crippen molar-refractivity contribution in [3.63, 3.8) is 0 Å². The van der Waals surface area contributed by atoms with Crippen LogP contribution in [0.4, 0.5) is 0 Å². The number of nitrogens with zero attached hydrogens (tertiary/aromatic N) is 3. The molecule has 0 bridgehead atoms. The van der Waals surface area contributed by atoms with Crippen molar-refractivity contribution in [1.29, 1.82) is 0 Å². The topological polar surface area (TPSA) is 68.0 Å². The van der Waals surface area contributed by atoms with E-state index in [-0.39, 0.29) is 5.69 Å². The molecule has 1 N–H and O–H groups in total. The molecular weight excluding hydrogens is 334 g/mol. The van der Waals surface area contributed by atoms with Gasteiger partial charge in [-0.25, -0.2) is 9.78 Å². The average Bonchev–Trinajstić information content (AvgIpc) is 2.74. The Labute approximate surface area is 129 Å². The Morgan fingerprint density at radius 2 is 1.95 bits per heavy atom. The molecular formula is C15H12BrN3O2. The second-order valence-corrected chi connectivity index (χ2v) is 5.69. The number of benzene rings is 1. The van der Waals surface area contributed by atoms with Crippen molar-refractivity contribution in [1.82, 2.24) is 14.8 Å². The number of fused-ring (bicyclic) bond motifs is 1. The van der Waals surface area contributed by atoms with Crippen LogP contribution in [0.15, 0.2) is 34.8 Å². The highest BCUT2D eigenvalue weighted by Gasteiger charge is 2.17. The lowest BCUT2D eigenvalue weighted by Crippen LogP contribution is -2.03. The molecule has 0 aliphatic heterocycles. The molecule has 3 aromatic rings. The van der Waals surface area contributed by atoms with Gasteiger partial charge in [-0.1, -0.05) is 28.1 Å². The van der Waals surface area contributed by atoms with E-state index < -0.39 is 5.97 Å². The van der Waals surface area contributed by atoms with Crippen molar-refractivity contribution in [2.24, 2.45) is 7.05 Å². The van der Waals surface area contributed by atoms with Crippen LogP contribution in [0.1, 0.15) is 16.2 Å². The summed E-state index contributed by atoms with van der Waals surface area (Å²) in [6.07, 6.45) is 0. The predicted molar refractivity (Wildman–Crippen MR) is 83.3 cm³/mol. The van der Waals surface area contributed by atoms with Crippen molar-refractivity contribution < 1.29 is 9.90 Å². The summed E-state index contributed by atoms with van der Waals surface area (Å²) in [4.78, 5) is 15.5. The van der Waals surface area contributed by atoms with Crippen LogP contribution >= 0.6 is 15.9 Å². The summed E-state index contributed by atoms with van der Waals surface area (Å²) in [5.41, 5.74) is 3.18. The molecule has 1 aromatic carbocycles. The van der Waals surface area contributed by atoms with Gasteiger partial charge in [0, 0.05) is 16.9 Å². The zero-order chi connectivity index (χ0) is 15.1. The number of pyridine rings is 1. The molecule has 0 fully saturated rings. The Hall–Kier alpha value is -2.21. The summed E-state index contributed by atoms with van der Waals surface area (Å²) in [6.45, 7) is 1.90. The highest BCUT2D eigenvalue weighted by Crippen LogP contribution is 2.31. The third kappa shape index (κ3) is 2.31. The molecule has 2 aromatic heterocycles. The zero-order valence-electron chi connectivity index (χ0n) is 11.5. The number of hydrogen-bond donors (Lipinski definition) is 1. The van der Waals surface area contributed by atoms with E-state index in [1.54, 1.807) is 17.8 Å². The summed E-state index contributed by atoms with van der Waals surface area (Å²) in [6, 6.07) is 9.33. The van der Waals surface area contributed by atoms with Crippen molar-refractivity contribution in [2.45, 2.75) is 6.92 Å². The maximum Gasteiger partial charge on any atom is 0.354 e. The number of aromatic nitrogens is 3. The zero-order valence-corrected chi connectivity index (χ0v) is 13.0. The number of carboxylic acid groups (broad SMARTS) is 1. The van der Waals surface area contributed by atoms with E-state index in [0.717, 1.165) is 26.7 Å².